The number of hydrogen-bond donors (Lipinski definition) is 1. The van der Waals surface area contributed by atoms with Crippen molar-refractivity contribution < 1.29 is 4.42 Å². The first-order valence-corrected chi connectivity index (χ1v) is 4.72. The fourth-order valence-electron chi connectivity index (χ4n) is 1.50. The third kappa shape index (κ3) is 1.86. The van der Waals surface area contributed by atoms with Crippen molar-refractivity contribution in [3.63, 3.8) is 0 Å². The van der Waals surface area contributed by atoms with Gasteiger partial charge in [-0.1, -0.05) is 24.3 Å². The first-order valence-electron chi connectivity index (χ1n) is 4.72. The number of nitrogens with two attached hydrogens (primary N) is 1. The van der Waals surface area contributed by atoms with E-state index in [2.05, 4.69) is 18.2 Å². The van der Waals surface area contributed by atoms with Crippen LogP contribution in [0.5, 0.6) is 0 Å². The van der Waals surface area contributed by atoms with Gasteiger partial charge in [0.1, 0.15) is 0 Å². The smallest absolute Gasteiger partial charge is 0.0980 e. The van der Waals surface area contributed by atoms with E-state index in [0.717, 1.165) is 12.0 Å². The predicted molar refractivity (Wildman–Crippen MR) is 56.9 cm³/mol. The molecule has 0 aliphatic carbocycles. The zero-order valence-corrected chi connectivity index (χ0v) is 7.94. The summed E-state index contributed by atoms with van der Waals surface area (Å²) in [6.45, 7) is 0.689. The van der Waals surface area contributed by atoms with Gasteiger partial charge in [0.2, 0.25) is 0 Å². The predicted octanol–water partition coefficient (Wildman–Crippen LogP) is 2.45. The van der Waals surface area contributed by atoms with E-state index in [1.54, 1.807) is 12.5 Å². The Balaban J connectivity index is 2.31. The Morgan fingerprint density at radius 3 is 2.79 bits per heavy atom. The van der Waals surface area contributed by atoms with E-state index in [1.165, 1.54) is 11.1 Å². The lowest BCUT2D eigenvalue weighted by atomic mass is 10.0. The molecule has 0 aliphatic heterocycles. The second kappa shape index (κ2) is 4.11. The monoisotopic (exact) mass is 187 g/mol. The molecule has 72 valence electrons. The lowest BCUT2D eigenvalue weighted by molar-refractivity contribution is 0.568. The number of furan rings is 1. The van der Waals surface area contributed by atoms with Crippen molar-refractivity contribution in [2.75, 3.05) is 6.54 Å². The molecular formula is C12H13NO. The largest absolute Gasteiger partial charge is 0.472 e. The number of benzene rings is 1. The Morgan fingerprint density at radius 2 is 2.07 bits per heavy atom. The molecule has 14 heavy (non-hydrogen) atoms. The van der Waals surface area contributed by atoms with Crippen LogP contribution in [0.25, 0.3) is 11.1 Å². The molecule has 0 bridgehead atoms. The molecule has 0 fully saturated rings. The number of hydrogen-bond acceptors (Lipinski definition) is 2. The lowest BCUT2D eigenvalue weighted by Crippen LogP contribution is -2.02. The summed E-state index contributed by atoms with van der Waals surface area (Å²) in [6, 6.07) is 10.3. The van der Waals surface area contributed by atoms with Gasteiger partial charge < -0.3 is 10.2 Å². The van der Waals surface area contributed by atoms with Gasteiger partial charge in [0, 0.05) is 5.56 Å². The summed E-state index contributed by atoms with van der Waals surface area (Å²) in [4.78, 5) is 0. The van der Waals surface area contributed by atoms with Crippen LogP contribution in [0, 0.1) is 0 Å². The SMILES string of the molecule is NCCc1cccc(-c2ccoc2)c1. The minimum Gasteiger partial charge on any atom is -0.472 e. The van der Waals surface area contributed by atoms with Crippen LogP contribution in [0.4, 0.5) is 0 Å². The molecular weight excluding hydrogens is 174 g/mol. The molecule has 2 aromatic rings. The average Bonchev–Trinajstić information content (AvgIpc) is 2.71. The van der Waals surface area contributed by atoms with Gasteiger partial charge in [-0.25, -0.2) is 0 Å². The topological polar surface area (TPSA) is 39.2 Å². The molecule has 0 saturated carbocycles. The Labute approximate surface area is 83.4 Å². The third-order valence-corrected chi connectivity index (χ3v) is 2.21. The summed E-state index contributed by atoms with van der Waals surface area (Å²) in [5.74, 6) is 0. The molecule has 2 heteroatoms. The molecule has 1 heterocycles. The highest BCUT2D eigenvalue weighted by Gasteiger charge is 1.99. The first kappa shape index (κ1) is 9.03. The van der Waals surface area contributed by atoms with Crippen molar-refractivity contribution in [2.24, 2.45) is 5.73 Å². The molecule has 2 rings (SSSR count). The van der Waals surface area contributed by atoms with E-state index >= 15 is 0 Å². The van der Waals surface area contributed by atoms with E-state index in [-0.39, 0.29) is 0 Å². The van der Waals surface area contributed by atoms with Crippen molar-refractivity contribution >= 4 is 0 Å². The van der Waals surface area contributed by atoms with Crippen LogP contribution in [0.3, 0.4) is 0 Å². The highest BCUT2D eigenvalue weighted by Crippen LogP contribution is 2.20. The normalized spacial score (nSPS) is 10.4. The Bertz CT molecular complexity index is 392. The highest BCUT2D eigenvalue weighted by molar-refractivity contribution is 5.62. The van der Waals surface area contributed by atoms with Gasteiger partial charge in [-0.05, 0) is 30.2 Å². The molecule has 1 aromatic carbocycles. The molecule has 2 nitrogen and oxygen atoms in total. The third-order valence-electron chi connectivity index (χ3n) is 2.21. The maximum absolute atomic E-state index is 5.51. The van der Waals surface area contributed by atoms with Crippen molar-refractivity contribution in [2.45, 2.75) is 6.42 Å². The van der Waals surface area contributed by atoms with Crippen molar-refractivity contribution in [3.8, 4) is 11.1 Å². The maximum atomic E-state index is 5.51. The summed E-state index contributed by atoms with van der Waals surface area (Å²) < 4.78 is 5.04. The van der Waals surface area contributed by atoms with Gasteiger partial charge in [-0.2, -0.15) is 0 Å². The Hall–Kier alpha value is -1.54. The van der Waals surface area contributed by atoms with Crippen LogP contribution in [-0.2, 0) is 6.42 Å². The zero-order valence-electron chi connectivity index (χ0n) is 7.94. The molecule has 1 aromatic heterocycles. The summed E-state index contributed by atoms with van der Waals surface area (Å²) in [5, 5.41) is 0. The minimum atomic E-state index is 0.689. The Kier molecular flexibility index (Phi) is 2.65. The van der Waals surface area contributed by atoms with E-state index in [0.29, 0.717) is 6.54 Å². The van der Waals surface area contributed by atoms with Gasteiger partial charge in [0.05, 0.1) is 12.5 Å². The van der Waals surface area contributed by atoms with Crippen LogP contribution in [0.2, 0.25) is 0 Å². The quantitative estimate of drug-likeness (QED) is 0.801. The summed E-state index contributed by atoms with van der Waals surface area (Å²) in [5.41, 5.74) is 9.08. The molecule has 0 atom stereocenters. The second-order valence-corrected chi connectivity index (χ2v) is 3.25. The van der Waals surface area contributed by atoms with Gasteiger partial charge >= 0.3 is 0 Å². The summed E-state index contributed by atoms with van der Waals surface area (Å²) >= 11 is 0. The van der Waals surface area contributed by atoms with Crippen LogP contribution >= 0.6 is 0 Å². The molecule has 0 spiro atoms. The fraction of sp³-hybridized carbons (Fsp3) is 0.167. The van der Waals surface area contributed by atoms with Gasteiger partial charge in [-0.3, -0.25) is 0 Å². The average molecular weight is 187 g/mol. The van der Waals surface area contributed by atoms with Gasteiger partial charge in [-0.15, -0.1) is 0 Å². The first-order chi connectivity index (χ1) is 6.90. The van der Waals surface area contributed by atoms with Gasteiger partial charge in [0.25, 0.3) is 0 Å². The van der Waals surface area contributed by atoms with Crippen LogP contribution < -0.4 is 5.73 Å². The van der Waals surface area contributed by atoms with E-state index in [1.807, 2.05) is 12.1 Å². The van der Waals surface area contributed by atoms with E-state index < -0.39 is 0 Å². The minimum absolute atomic E-state index is 0.689. The van der Waals surface area contributed by atoms with Crippen LogP contribution in [0.15, 0.2) is 47.3 Å². The lowest BCUT2D eigenvalue weighted by Gasteiger charge is -2.01. The zero-order chi connectivity index (χ0) is 9.80. The fourth-order valence-corrected chi connectivity index (χ4v) is 1.50. The second-order valence-electron chi connectivity index (χ2n) is 3.25. The summed E-state index contributed by atoms with van der Waals surface area (Å²) in [6.07, 6.45) is 4.36. The molecule has 0 aliphatic rings. The summed E-state index contributed by atoms with van der Waals surface area (Å²) in [7, 11) is 0. The molecule has 0 radical (unpaired) electrons. The van der Waals surface area contributed by atoms with E-state index in [9.17, 15) is 0 Å². The van der Waals surface area contributed by atoms with E-state index in [4.69, 9.17) is 10.2 Å². The highest BCUT2D eigenvalue weighted by atomic mass is 16.3. The molecule has 0 unspecified atom stereocenters. The van der Waals surface area contributed by atoms with Crippen LogP contribution in [0.1, 0.15) is 5.56 Å². The standard InChI is InChI=1S/C12H13NO/c13-6-4-10-2-1-3-11(8-10)12-5-7-14-9-12/h1-3,5,7-9H,4,6,13H2. The Morgan fingerprint density at radius 1 is 1.14 bits per heavy atom. The molecule has 0 amide bonds. The molecule has 2 N–H and O–H groups in total. The maximum Gasteiger partial charge on any atom is 0.0980 e. The molecule has 0 saturated heterocycles. The van der Waals surface area contributed by atoms with Crippen molar-refractivity contribution in [1.82, 2.24) is 0 Å². The van der Waals surface area contributed by atoms with Crippen molar-refractivity contribution in [3.05, 3.63) is 48.4 Å². The van der Waals surface area contributed by atoms with Gasteiger partial charge in [0.15, 0.2) is 0 Å². The number of rotatable bonds is 3. The van der Waals surface area contributed by atoms with Crippen molar-refractivity contribution in [1.29, 1.82) is 0 Å². The van der Waals surface area contributed by atoms with Crippen LogP contribution in [-0.4, -0.2) is 6.54 Å².